The molecule has 0 saturated heterocycles. The van der Waals surface area contributed by atoms with Gasteiger partial charge in [-0.3, -0.25) is 4.79 Å². The van der Waals surface area contributed by atoms with Gasteiger partial charge in [-0.05, 0) is 61.8 Å². The van der Waals surface area contributed by atoms with Crippen LogP contribution in [-0.4, -0.2) is 26.0 Å². The van der Waals surface area contributed by atoms with E-state index in [0.29, 0.717) is 0 Å². The van der Waals surface area contributed by atoms with E-state index in [4.69, 9.17) is 4.74 Å². The Bertz CT molecular complexity index is 640. The second-order valence-electron chi connectivity index (χ2n) is 5.45. The molecule has 0 heterocycles. The molecule has 0 aliphatic carbocycles. The van der Waals surface area contributed by atoms with Crippen molar-refractivity contribution in [3.63, 3.8) is 0 Å². The van der Waals surface area contributed by atoms with Crippen LogP contribution in [0.4, 0.5) is 4.39 Å². The van der Waals surface area contributed by atoms with Crippen molar-refractivity contribution in [3.05, 3.63) is 28.5 Å². The largest absolute Gasteiger partial charge is 0.459 e. The van der Waals surface area contributed by atoms with E-state index in [1.165, 1.54) is 6.92 Å². The topological polar surface area (TPSA) is 72.5 Å². The van der Waals surface area contributed by atoms with E-state index >= 15 is 0 Å². The Hall–Kier alpha value is -0.990. The van der Waals surface area contributed by atoms with Crippen molar-refractivity contribution in [3.8, 4) is 0 Å². The maximum Gasteiger partial charge on any atom is 0.324 e. The predicted molar refractivity (Wildman–Crippen MR) is 79.7 cm³/mol. The summed E-state index contributed by atoms with van der Waals surface area (Å²) in [7, 11) is -3.97. The molecule has 1 rings (SSSR count). The second kappa shape index (κ2) is 6.41. The molecule has 1 N–H and O–H groups in total. The molecule has 0 unspecified atom stereocenters. The van der Waals surface area contributed by atoms with Crippen LogP contribution in [0.1, 0.15) is 27.7 Å². The fourth-order valence-corrected chi connectivity index (χ4v) is 3.67. The first kappa shape index (κ1) is 18.1. The molecule has 0 aliphatic heterocycles. The summed E-state index contributed by atoms with van der Waals surface area (Å²) in [6.45, 7) is 6.43. The van der Waals surface area contributed by atoms with Gasteiger partial charge in [0.1, 0.15) is 17.5 Å². The summed E-state index contributed by atoms with van der Waals surface area (Å²) in [5.41, 5.74) is -0.715. The van der Waals surface area contributed by atoms with E-state index in [0.717, 1.165) is 18.2 Å². The number of sulfonamides is 1. The lowest BCUT2D eigenvalue weighted by Gasteiger charge is -2.22. The molecular formula is C13H17BrFNO4S. The molecule has 1 aromatic rings. The van der Waals surface area contributed by atoms with Crippen LogP contribution in [0.5, 0.6) is 0 Å². The molecule has 0 amide bonds. The number of benzene rings is 1. The van der Waals surface area contributed by atoms with Gasteiger partial charge in [-0.1, -0.05) is 0 Å². The molecule has 0 aliphatic rings. The average Bonchev–Trinajstić information content (AvgIpc) is 2.24. The van der Waals surface area contributed by atoms with Crippen molar-refractivity contribution in [1.29, 1.82) is 0 Å². The molecule has 0 fully saturated rings. The SMILES string of the molecule is C[C@@H](NS(=O)(=O)c1ccc(F)cc1Br)C(=O)OC(C)(C)C. The number of esters is 1. The third-order valence-corrected chi connectivity index (χ3v) is 4.79. The number of hydrogen-bond donors (Lipinski definition) is 1. The summed E-state index contributed by atoms with van der Waals surface area (Å²) in [5.74, 6) is -1.26. The van der Waals surface area contributed by atoms with Crippen LogP contribution in [0.25, 0.3) is 0 Å². The first-order valence-electron chi connectivity index (χ1n) is 6.12. The van der Waals surface area contributed by atoms with E-state index in [9.17, 15) is 17.6 Å². The highest BCUT2D eigenvalue weighted by Crippen LogP contribution is 2.23. The van der Waals surface area contributed by atoms with Gasteiger partial charge >= 0.3 is 5.97 Å². The van der Waals surface area contributed by atoms with Gasteiger partial charge in [-0.25, -0.2) is 12.8 Å². The number of halogens is 2. The molecule has 21 heavy (non-hydrogen) atoms. The van der Waals surface area contributed by atoms with Crippen LogP contribution >= 0.6 is 15.9 Å². The first-order chi connectivity index (χ1) is 9.42. The van der Waals surface area contributed by atoms with Crippen molar-refractivity contribution >= 4 is 31.9 Å². The molecule has 8 heteroatoms. The Balaban J connectivity index is 2.92. The molecule has 0 radical (unpaired) electrons. The Morgan fingerprint density at radius 1 is 1.38 bits per heavy atom. The third kappa shape index (κ3) is 5.37. The van der Waals surface area contributed by atoms with Crippen LogP contribution in [-0.2, 0) is 19.6 Å². The van der Waals surface area contributed by atoms with Crippen molar-refractivity contribution in [2.45, 2.75) is 44.2 Å². The summed E-state index contributed by atoms with van der Waals surface area (Å²) in [4.78, 5) is 11.6. The van der Waals surface area contributed by atoms with Gasteiger partial charge < -0.3 is 4.74 Å². The van der Waals surface area contributed by atoms with Gasteiger partial charge in [-0.2, -0.15) is 4.72 Å². The van der Waals surface area contributed by atoms with Crippen LogP contribution in [0.15, 0.2) is 27.6 Å². The first-order valence-corrected chi connectivity index (χ1v) is 8.40. The normalized spacial score (nSPS) is 13.8. The van der Waals surface area contributed by atoms with Crippen LogP contribution in [0.2, 0.25) is 0 Å². The number of rotatable bonds is 4. The Morgan fingerprint density at radius 3 is 2.43 bits per heavy atom. The van der Waals surface area contributed by atoms with Crippen LogP contribution < -0.4 is 4.72 Å². The minimum Gasteiger partial charge on any atom is -0.459 e. The smallest absolute Gasteiger partial charge is 0.324 e. The zero-order chi connectivity index (χ0) is 16.4. The molecule has 1 aromatic carbocycles. The highest BCUT2D eigenvalue weighted by atomic mass is 79.9. The molecule has 118 valence electrons. The number of carbonyl (C=O) groups is 1. The highest BCUT2D eigenvalue weighted by molar-refractivity contribution is 9.10. The molecule has 0 aromatic heterocycles. The molecule has 5 nitrogen and oxygen atoms in total. The van der Waals surface area contributed by atoms with Crippen LogP contribution in [0, 0.1) is 5.82 Å². The summed E-state index contributed by atoms with van der Waals surface area (Å²) >= 11 is 2.98. The minimum atomic E-state index is -3.97. The van der Waals surface area contributed by atoms with Gasteiger partial charge in [0.2, 0.25) is 10.0 Å². The van der Waals surface area contributed by atoms with Gasteiger partial charge in [0.05, 0.1) is 4.90 Å². The third-order valence-electron chi connectivity index (χ3n) is 2.28. The lowest BCUT2D eigenvalue weighted by Crippen LogP contribution is -2.42. The van der Waals surface area contributed by atoms with Crippen molar-refractivity contribution in [2.24, 2.45) is 0 Å². The standard InChI is InChI=1S/C13H17BrFNO4S/c1-8(12(17)20-13(2,3)4)16-21(18,19)11-6-5-9(15)7-10(11)14/h5-8,16H,1-4H3/t8-/m1/s1. The van der Waals surface area contributed by atoms with Crippen molar-refractivity contribution in [2.75, 3.05) is 0 Å². The number of nitrogens with one attached hydrogen (secondary N) is 1. The Morgan fingerprint density at radius 2 is 1.95 bits per heavy atom. The van der Waals surface area contributed by atoms with E-state index < -0.39 is 33.5 Å². The van der Waals surface area contributed by atoms with E-state index in [1.54, 1.807) is 20.8 Å². The van der Waals surface area contributed by atoms with Crippen molar-refractivity contribution in [1.82, 2.24) is 4.72 Å². The fourth-order valence-electron chi connectivity index (χ4n) is 1.43. The molecule has 0 spiro atoms. The maximum atomic E-state index is 13.0. The lowest BCUT2D eigenvalue weighted by atomic mass is 10.2. The van der Waals surface area contributed by atoms with Gasteiger partial charge in [0.15, 0.2) is 0 Å². The fraction of sp³-hybridized carbons (Fsp3) is 0.462. The van der Waals surface area contributed by atoms with Gasteiger partial charge in [0, 0.05) is 4.47 Å². The highest BCUT2D eigenvalue weighted by Gasteiger charge is 2.27. The molecule has 0 bridgehead atoms. The quantitative estimate of drug-likeness (QED) is 0.813. The lowest BCUT2D eigenvalue weighted by molar-refractivity contribution is -0.156. The maximum absolute atomic E-state index is 13.0. The van der Waals surface area contributed by atoms with Crippen LogP contribution in [0.3, 0.4) is 0 Å². The second-order valence-corrected chi connectivity index (χ2v) is 7.99. The summed E-state index contributed by atoms with van der Waals surface area (Å²) < 4.78 is 44.7. The average molecular weight is 382 g/mol. The van der Waals surface area contributed by atoms with Gasteiger partial charge in [-0.15, -0.1) is 0 Å². The molecular weight excluding hydrogens is 365 g/mol. The summed E-state index contributed by atoms with van der Waals surface area (Å²) in [5, 5.41) is 0. The minimum absolute atomic E-state index is 0.0754. The van der Waals surface area contributed by atoms with Crippen molar-refractivity contribution < 1.29 is 22.3 Å². The zero-order valence-corrected chi connectivity index (χ0v) is 14.5. The summed E-state index contributed by atoms with van der Waals surface area (Å²) in [6, 6.07) is 2.11. The van der Waals surface area contributed by atoms with Gasteiger partial charge in [0.25, 0.3) is 0 Å². The molecule has 0 saturated carbocycles. The Labute approximate surface area is 132 Å². The Kier molecular flexibility index (Phi) is 5.51. The van der Waals surface area contributed by atoms with E-state index in [2.05, 4.69) is 20.7 Å². The summed E-state index contributed by atoms with van der Waals surface area (Å²) in [6.07, 6.45) is 0. The van der Waals surface area contributed by atoms with E-state index in [-0.39, 0.29) is 9.37 Å². The number of carbonyl (C=O) groups excluding carboxylic acids is 1. The predicted octanol–water partition coefficient (Wildman–Crippen LogP) is 2.60. The monoisotopic (exact) mass is 381 g/mol. The number of ether oxygens (including phenoxy) is 1. The zero-order valence-electron chi connectivity index (χ0n) is 12.1. The van der Waals surface area contributed by atoms with E-state index in [1.807, 2.05) is 0 Å². The molecule has 1 atom stereocenters. The number of hydrogen-bond acceptors (Lipinski definition) is 4.